The Labute approximate surface area is 99.6 Å². The van der Waals surface area contributed by atoms with Crippen LogP contribution in [0.1, 0.15) is 40.5 Å². The molecule has 0 aliphatic heterocycles. The molecule has 0 aromatic heterocycles. The predicted molar refractivity (Wildman–Crippen MR) is 67.3 cm³/mol. The Morgan fingerprint density at radius 3 is 2.19 bits per heavy atom. The fraction of sp³-hybridized carbons (Fsp3) is 1.00. The van der Waals surface area contributed by atoms with Crippen LogP contribution in [0.25, 0.3) is 0 Å². The lowest BCUT2D eigenvalue weighted by Gasteiger charge is -2.38. The molecular formula is C10H25N3O2S. The van der Waals surface area contributed by atoms with Gasteiger partial charge in [-0.15, -0.1) is 0 Å². The van der Waals surface area contributed by atoms with E-state index in [9.17, 15) is 8.42 Å². The number of nitrogens with one attached hydrogen (secondary N) is 1. The summed E-state index contributed by atoms with van der Waals surface area (Å²) in [5.74, 6) is 0. The topological polar surface area (TPSA) is 75.4 Å². The zero-order valence-corrected chi connectivity index (χ0v) is 11.6. The maximum atomic E-state index is 12.0. The highest BCUT2D eigenvalue weighted by Gasteiger charge is 2.36. The van der Waals surface area contributed by atoms with E-state index in [-0.39, 0.29) is 0 Å². The van der Waals surface area contributed by atoms with Crippen molar-refractivity contribution in [1.82, 2.24) is 9.03 Å². The summed E-state index contributed by atoms with van der Waals surface area (Å²) in [5, 5.41) is 0. The largest absolute Gasteiger partial charge is 0.329 e. The summed E-state index contributed by atoms with van der Waals surface area (Å²) in [6, 6.07) is 0. The van der Waals surface area contributed by atoms with Crippen molar-refractivity contribution in [3.8, 4) is 0 Å². The second-order valence-corrected chi connectivity index (χ2v) is 5.81. The van der Waals surface area contributed by atoms with Crippen LogP contribution in [-0.2, 0) is 10.2 Å². The quantitative estimate of drug-likeness (QED) is 0.666. The molecule has 98 valence electrons. The second-order valence-electron chi connectivity index (χ2n) is 4.13. The highest BCUT2D eigenvalue weighted by Crippen LogP contribution is 2.21. The van der Waals surface area contributed by atoms with Gasteiger partial charge in [0.1, 0.15) is 0 Å². The summed E-state index contributed by atoms with van der Waals surface area (Å²) in [4.78, 5) is 0. The van der Waals surface area contributed by atoms with Crippen LogP contribution in [0.4, 0.5) is 0 Å². The Balaban J connectivity index is 5.13. The lowest BCUT2D eigenvalue weighted by Crippen LogP contribution is -2.57. The van der Waals surface area contributed by atoms with Crippen molar-refractivity contribution in [3.63, 3.8) is 0 Å². The van der Waals surface area contributed by atoms with Gasteiger partial charge in [0.25, 0.3) is 10.2 Å². The molecule has 0 radical (unpaired) electrons. The second kappa shape index (κ2) is 6.54. The van der Waals surface area contributed by atoms with Gasteiger partial charge in [-0.3, -0.25) is 0 Å². The highest BCUT2D eigenvalue weighted by atomic mass is 32.2. The molecule has 0 spiro atoms. The average molecular weight is 251 g/mol. The van der Waals surface area contributed by atoms with Crippen LogP contribution in [0.5, 0.6) is 0 Å². The van der Waals surface area contributed by atoms with Crippen molar-refractivity contribution < 1.29 is 8.42 Å². The van der Waals surface area contributed by atoms with Crippen LogP contribution in [0.15, 0.2) is 0 Å². The molecule has 0 aliphatic rings. The van der Waals surface area contributed by atoms with Crippen LogP contribution >= 0.6 is 0 Å². The van der Waals surface area contributed by atoms with Crippen LogP contribution in [-0.4, -0.2) is 37.9 Å². The normalized spacial score (nSPS) is 16.4. The lowest BCUT2D eigenvalue weighted by molar-refractivity contribution is 0.204. The van der Waals surface area contributed by atoms with Crippen molar-refractivity contribution in [2.45, 2.75) is 46.1 Å². The van der Waals surface area contributed by atoms with E-state index in [1.165, 1.54) is 4.31 Å². The molecule has 5 nitrogen and oxygen atoms in total. The minimum Gasteiger partial charge on any atom is -0.329 e. The number of nitrogens with two attached hydrogens (primary N) is 1. The molecular weight excluding hydrogens is 226 g/mol. The predicted octanol–water partition coefficient (Wildman–Crippen LogP) is 0.680. The van der Waals surface area contributed by atoms with Crippen molar-refractivity contribution in [2.24, 2.45) is 5.73 Å². The molecule has 6 heteroatoms. The van der Waals surface area contributed by atoms with Crippen LogP contribution in [0.3, 0.4) is 0 Å². The zero-order valence-electron chi connectivity index (χ0n) is 10.8. The van der Waals surface area contributed by atoms with E-state index in [1.807, 2.05) is 20.8 Å². The van der Waals surface area contributed by atoms with Gasteiger partial charge in [0.05, 0.1) is 0 Å². The summed E-state index contributed by atoms with van der Waals surface area (Å²) in [6.45, 7) is 8.79. The maximum absolute atomic E-state index is 12.0. The number of nitrogens with zero attached hydrogens (tertiary/aromatic N) is 1. The third-order valence-electron chi connectivity index (χ3n) is 2.85. The first-order valence-corrected chi connectivity index (χ1v) is 7.29. The molecule has 0 aromatic rings. The molecule has 0 aromatic carbocycles. The van der Waals surface area contributed by atoms with Gasteiger partial charge in [-0.05, 0) is 19.8 Å². The van der Waals surface area contributed by atoms with E-state index in [0.717, 1.165) is 6.42 Å². The Morgan fingerprint density at radius 2 is 1.88 bits per heavy atom. The van der Waals surface area contributed by atoms with E-state index in [4.69, 9.17) is 5.73 Å². The summed E-state index contributed by atoms with van der Waals surface area (Å²) >= 11 is 0. The fourth-order valence-electron chi connectivity index (χ4n) is 1.57. The molecule has 16 heavy (non-hydrogen) atoms. The van der Waals surface area contributed by atoms with Gasteiger partial charge in [0, 0.05) is 25.2 Å². The fourth-order valence-corrected chi connectivity index (χ4v) is 3.29. The van der Waals surface area contributed by atoms with Gasteiger partial charge in [0.15, 0.2) is 0 Å². The smallest absolute Gasteiger partial charge is 0.279 e. The first-order chi connectivity index (χ1) is 7.37. The average Bonchev–Trinajstić information content (AvgIpc) is 2.24. The molecule has 0 heterocycles. The molecule has 0 saturated heterocycles. The Morgan fingerprint density at radius 1 is 1.31 bits per heavy atom. The molecule has 0 fully saturated rings. The number of rotatable bonds is 8. The summed E-state index contributed by atoms with van der Waals surface area (Å²) in [5.41, 5.74) is 5.20. The van der Waals surface area contributed by atoms with Crippen LogP contribution in [0.2, 0.25) is 0 Å². The molecule has 0 amide bonds. The minimum absolute atomic E-state index is 0.328. The van der Waals surface area contributed by atoms with Crippen molar-refractivity contribution >= 4 is 10.2 Å². The monoisotopic (exact) mass is 251 g/mol. The molecule has 0 rings (SSSR count). The third kappa shape index (κ3) is 3.69. The van der Waals surface area contributed by atoms with Gasteiger partial charge in [-0.25, -0.2) is 4.72 Å². The first kappa shape index (κ1) is 15.8. The van der Waals surface area contributed by atoms with E-state index in [0.29, 0.717) is 26.1 Å². The Bertz CT molecular complexity index is 286. The lowest BCUT2D eigenvalue weighted by atomic mass is 9.99. The molecule has 1 atom stereocenters. The Kier molecular flexibility index (Phi) is 6.47. The molecule has 0 aliphatic carbocycles. The summed E-state index contributed by atoms with van der Waals surface area (Å²) < 4.78 is 28.1. The van der Waals surface area contributed by atoms with Crippen LogP contribution < -0.4 is 10.5 Å². The van der Waals surface area contributed by atoms with E-state index in [1.54, 1.807) is 6.92 Å². The minimum atomic E-state index is -3.41. The first-order valence-electron chi connectivity index (χ1n) is 5.85. The van der Waals surface area contributed by atoms with Gasteiger partial charge in [-0.2, -0.15) is 12.7 Å². The van der Waals surface area contributed by atoms with E-state index < -0.39 is 15.7 Å². The standard InChI is InChI=1S/C10H25N3O2S/c1-5-8-13(10(4,6-2)9-11)16(14,15)12-7-3/h12H,5-9,11H2,1-4H3. The van der Waals surface area contributed by atoms with E-state index >= 15 is 0 Å². The van der Waals surface area contributed by atoms with Crippen molar-refractivity contribution in [2.75, 3.05) is 19.6 Å². The zero-order chi connectivity index (χ0) is 12.8. The van der Waals surface area contributed by atoms with Crippen LogP contribution in [0, 0.1) is 0 Å². The molecule has 0 saturated carbocycles. The maximum Gasteiger partial charge on any atom is 0.279 e. The van der Waals surface area contributed by atoms with Gasteiger partial charge in [-0.1, -0.05) is 20.8 Å². The third-order valence-corrected chi connectivity index (χ3v) is 4.70. The Hall–Kier alpha value is -0.170. The van der Waals surface area contributed by atoms with Crippen molar-refractivity contribution in [3.05, 3.63) is 0 Å². The molecule has 3 N–H and O–H groups in total. The summed E-state index contributed by atoms with van der Waals surface area (Å²) in [7, 11) is -3.41. The molecule has 1 unspecified atom stereocenters. The summed E-state index contributed by atoms with van der Waals surface area (Å²) in [6.07, 6.45) is 1.48. The van der Waals surface area contributed by atoms with Crippen molar-refractivity contribution in [1.29, 1.82) is 0 Å². The van der Waals surface area contributed by atoms with Gasteiger partial charge in [0.2, 0.25) is 0 Å². The van der Waals surface area contributed by atoms with E-state index in [2.05, 4.69) is 4.72 Å². The SMILES string of the molecule is CCCN(C(C)(CC)CN)S(=O)(=O)NCC. The number of hydrogen-bond donors (Lipinski definition) is 2. The molecule has 0 bridgehead atoms. The number of hydrogen-bond acceptors (Lipinski definition) is 3. The highest BCUT2D eigenvalue weighted by molar-refractivity contribution is 7.87. The van der Waals surface area contributed by atoms with Gasteiger partial charge < -0.3 is 5.73 Å². The van der Waals surface area contributed by atoms with Gasteiger partial charge >= 0.3 is 0 Å².